The van der Waals surface area contributed by atoms with Crippen LogP contribution >= 0.6 is 12.2 Å². The van der Waals surface area contributed by atoms with Crippen molar-refractivity contribution in [3.8, 4) is 0 Å². The van der Waals surface area contributed by atoms with Gasteiger partial charge in [0.05, 0.1) is 4.99 Å². The fraction of sp³-hybridized carbons (Fsp3) is 0.778. The normalized spacial score (nSPS) is 19.1. The van der Waals surface area contributed by atoms with Crippen molar-refractivity contribution in [3.63, 3.8) is 0 Å². The number of hydrogen-bond acceptors (Lipinski definition) is 4. The predicted octanol–water partition coefficient (Wildman–Crippen LogP) is -0.810. The molecular formula is C9H17N3O3S2. The first-order chi connectivity index (χ1) is 7.81. The number of sulfonamides is 1. The molecule has 0 radical (unpaired) electrons. The first-order valence-corrected chi connectivity index (χ1v) is 7.37. The van der Waals surface area contributed by atoms with Crippen LogP contribution in [-0.4, -0.2) is 42.5 Å². The van der Waals surface area contributed by atoms with Gasteiger partial charge in [-0.3, -0.25) is 4.79 Å². The number of thiocarbonyl (C=S) groups is 1. The number of nitrogens with two attached hydrogens (primary N) is 2. The Hall–Kier alpha value is -0.730. The summed E-state index contributed by atoms with van der Waals surface area (Å²) in [4.78, 5) is 10.7. The van der Waals surface area contributed by atoms with E-state index in [4.69, 9.17) is 11.5 Å². The first-order valence-electron chi connectivity index (χ1n) is 5.35. The van der Waals surface area contributed by atoms with Crippen molar-refractivity contribution in [1.29, 1.82) is 0 Å². The van der Waals surface area contributed by atoms with Crippen molar-refractivity contribution < 1.29 is 13.2 Å². The van der Waals surface area contributed by atoms with Gasteiger partial charge in [0.2, 0.25) is 15.9 Å². The van der Waals surface area contributed by atoms with E-state index in [1.807, 2.05) is 0 Å². The molecule has 1 heterocycles. The molecule has 4 N–H and O–H groups in total. The molecule has 0 atom stereocenters. The quantitative estimate of drug-likeness (QED) is 0.640. The zero-order chi connectivity index (χ0) is 13.1. The second-order valence-electron chi connectivity index (χ2n) is 4.24. The van der Waals surface area contributed by atoms with E-state index in [1.165, 1.54) is 4.31 Å². The lowest BCUT2D eigenvalue weighted by atomic mass is 9.94. The molecule has 1 saturated heterocycles. The first kappa shape index (κ1) is 14.3. The molecule has 0 bridgehead atoms. The van der Waals surface area contributed by atoms with Crippen LogP contribution in [0.5, 0.6) is 0 Å². The largest absolute Gasteiger partial charge is 0.392 e. The Morgan fingerprint density at radius 3 is 2.24 bits per heavy atom. The van der Waals surface area contributed by atoms with E-state index in [2.05, 4.69) is 12.2 Å². The standard InChI is InChI=1S/C9H17N3O3S2/c10-8(13)5-7-1-3-12(4-2-7)17(14,15)6-9(11)16/h7H,1-6H2,(H2,10,13)(H2,11,16). The summed E-state index contributed by atoms with van der Waals surface area (Å²) in [6.45, 7) is 0.811. The molecule has 1 amide bonds. The molecule has 98 valence electrons. The Labute approximate surface area is 106 Å². The number of amides is 1. The molecule has 0 aromatic heterocycles. The van der Waals surface area contributed by atoms with Crippen molar-refractivity contribution in [3.05, 3.63) is 0 Å². The molecule has 1 fully saturated rings. The highest BCUT2D eigenvalue weighted by molar-refractivity contribution is 7.92. The number of rotatable bonds is 5. The Kier molecular flexibility index (Phi) is 4.84. The summed E-state index contributed by atoms with van der Waals surface area (Å²) in [5, 5.41) is 0. The molecule has 17 heavy (non-hydrogen) atoms. The fourth-order valence-electron chi connectivity index (χ4n) is 1.95. The Morgan fingerprint density at radius 1 is 1.29 bits per heavy atom. The minimum absolute atomic E-state index is 0.0238. The summed E-state index contributed by atoms with van der Waals surface area (Å²) < 4.78 is 25.0. The molecule has 0 aromatic rings. The van der Waals surface area contributed by atoms with Crippen molar-refractivity contribution in [2.24, 2.45) is 17.4 Å². The maximum atomic E-state index is 11.8. The summed E-state index contributed by atoms with van der Waals surface area (Å²) in [5.74, 6) is -0.443. The summed E-state index contributed by atoms with van der Waals surface area (Å²) in [6, 6.07) is 0. The Bertz CT molecular complexity index is 400. The second kappa shape index (κ2) is 5.74. The van der Waals surface area contributed by atoms with Crippen molar-refractivity contribution >= 4 is 33.1 Å². The highest BCUT2D eigenvalue weighted by Gasteiger charge is 2.28. The van der Waals surface area contributed by atoms with Crippen molar-refractivity contribution in [2.45, 2.75) is 19.3 Å². The lowest BCUT2D eigenvalue weighted by molar-refractivity contribution is -0.119. The van der Waals surface area contributed by atoms with Crippen LogP contribution in [0.2, 0.25) is 0 Å². The topological polar surface area (TPSA) is 106 Å². The monoisotopic (exact) mass is 279 g/mol. The number of carbonyl (C=O) groups is 1. The molecule has 0 saturated carbocycles. The highest BCUT2D eigenvalue weighted by Crippen LogP contribution is 2.22. The third-order valence-electron chi connectivity index (χ3n) is 2.78. The van der Waals surface area contributed by atoms with Gasteiger partial charge in [-0.15, -0.1) is 0 Å². The van der Waals surface area contributed by atoms with Gasteiger partial charge in [-0.2, -0.15) is 0 Å². The molecule has 1 aliphatic rings. The molecule has 0 aliphatic carbocycles. The summed E-state index contributed by atoms with van der Waals surface area (Å²) in [5.41, 5.74) is 10.3. The van der Waals surface area contributed by atoms with E-state index < -0.39 is 10.0 Å². The molecule has 1 aliphatic heterocycles. The average Bonchev–Trinajstić information content (AvgIpc) is 2.15. The van der Waals surface area contributed by atoms with Gasteiger partial charge in [-0.1, -0.05) is 12.2 Å². The second-order valence-corrected chi connectivity index (χ2v) is 6.73. The minimum Gasteiger partial charge on any atom is -0.392 e. The molecule has 8 heteroatoms. The third kappa shape index (κ3) is 4.57. The van der Waals surface area contributed by atoms with Crippen LogP contribution in [0.3, 0.4) is 0 Å². The van der Waals surface area contributed by atoms with Gasteiger partial charge < -0.3 is 11.5 Å². The van der Waals surface area contributed by atoms with Crippen LogP contribution in [0, 0.1) is 5.92 Å². The number of piperidine rings is 1. The van der Waals surface area contributed by atoms with E-state index in [-0.39, 0.29) is 22.6 Å². The average molecular weight is 279 g/mol. The van der Waals surface area contributed by atoms with Crippen LogP contribution in [0.15, 0.2) is 0 Å². The van der Waals surface area contributed by atoms with E-state index in [0.717, 1.165) is 0 Å². The van der Waals surface area contributed by atoms with Gasteiger partial charge in [-0.25, -0.2) is 12.7 Å². The molecular weight excluding hydrogens is 262 g/mol. The molecule has 1 rings (SSSR count). The van der Waals surface area contributed by atoms with Crippen molar-refractivity contribution in [2.75, 3.05) is 18.8 Å². The smallest absolute Gasteiger partial charge is 0.220 e. The summed E-state index contributed by atoms with van der Waals surface area (Å²) >= 11 is 4.60. The lowest BCUT2D eigenvalue weighted by Crippen LogP contribution is -2.42. The zero-order valence-corrected chi connectivity index (χ0v) is 11.1. The molecule has 0 unspecified atom stereocenters. The van der Waals surface area contributed by atoms with Gasteiger partial charge in [0, 0.05) is 19.5 Å². The van der Waals surface area contributed by atoms with Gasteiger partial charge in [-0.05, 0) is 18.8 Å². The summed E-state index contributed by atoms with van der Waals surface area (Å²) in [6.07, 6.45) is 1.63. The maximum absolute atomic E-state index is 11.8. The van der Waals surface area contributed by atoms with Gasteiger partial charge in [0.1, 0.15) is 5.75 Å². The zero-order valence-electron chi connectivity index (χ0n) is 9.46. The fourth-order valence-corrected chi connectivity index (χ4v) is 3.70. The van der Waals surface area contributed by atoms with Crippen LogP contribution in [-0.2, 0) is 14.8 Å². The van der Waals surface area contributed by atoms with Gasteiger partial charge >= 0.3 is 0 Å². The molecule has 6 nitrogen and oxygen atoms in total. The number of primary amides is 1. The lowest BCUT2D eigenvalue weighted by Gasteiger charge is -2.30. The number of hydrogen-bond donors (Lipinski definition) is 2. The predicted molar refractivity (Wildman–Crippen MR) is 68.7 cm³/mol. The van der Waals surface area contributed by atoms with Crippen LogP contribution in [0.1, 0.15) is 19.3 Å². The van der Waals surface area contributed by atoms with Crippen LogP contribution < -0.4 is 11.5 Å². The SMILES string of the molecule is NC(=O)CC1CCN(S(=O)(=O)CC(N)=S)CC1. The minimum atomic E-state index is -3.38. The van der Waals surface area contributed by atoms with Crippen LogP contribution in [0.25, 0.3) is 0 Å². The molecule has 0 aromatic carbocycles. The number of carbonyl (C=O) groups excluding carboxylic acids is 1. The summed E-state index contributed by atoms with van der Waals surface area (Å²) in [7, 11) is -3.38. The Morgan fingerprint density at radius 2 is 1.82 bits per heavy atom. The molecule has 0 spiro atoms. The third-order valence-corrected chi connectivity index (χ3v) is 4.94. The Balaban J connectivity index is 2.51. The van der Waals surface area contributed by atoms with Crippen LogP contribution in [0.4, 0.5) is 0 Å². The van der Waals surface area contributed by atoms with E-state index >= 15 is 0 Å². The van der Waals surface area contributed by atoms with E-state index in [1.54, 1.807) is 0 Å². The van der Waals surface area contributed by atoms with Crippen molar-refractivity contribution in [1.82, 2.24) is 4.31 Å². The van der Waals surface area contributed by atoms with Gasteiger partial charge in [0.15, 0.2) is 0 Å². The van der Waals surface area contributed by atoms with Gasteiger partial charge in [0.25, 0.3) is 0 Å². The van der Waals surface area contributed by atoms with E-state index in [0.29, 0.717) is 32.4 Å². The number of nitrogens with zero attached hydrogens (tertiary/aromatic N) is 1. The maximum Gasteiger partial charge on any atom is 0.220 e. The highest BCUT2D eigenvalue weighted by atomic mass is 32.2. The van der Waals surface area contributed by atoms with E-state index in [9.17, 15) is 13.2 Å².